The van der Waals surface area contributed by atoms with Crippen molar-refractivity contribution in [1.82, 2.24) is 20.5 Å². The average molecular weight is 211 g/mol. The number of aryl methyl sites for hydroxylation is 1. The Morgan fingerprint density at radius 1 is 1.73 bits per heavy atom. The molecule has 84 valence electrons. The number of amides is 1. The van der Waals surface area contributed by atoms with Crippen LogP contribution in [0.5, 0.6) is 0 Å². The zero-order chi connectivity index (χ0) is 11.1. The molecule has 0 saturated carbocycles. The van der Waals surface area contributed by atoms with Crippen LogP contribution in [0.2, 0.25) is 0 Å². The molecule has 15 heavy (non-hydrogen) atoms. The van der Waals surface area contributed by atoms with Gasteiger partial charge in [-0.05, 0) is 13.3 Å². The Hall–Kier alpha value is -1.43. The third-order valence-electron chi connectivity index (χ3n) is 1.88. The molecule has 1 amide bonds. The van der Waals surface area contributed by atoms with Gasteiger partial charge in [-0.3, -0.25) is 9.89 Å². The summed E-state index contributed by atoms with van der Waals surface area (Å²) in [6.07, 6.45) is 3.49. The van der Waals surface area contributed by atoms with Gasteiger partial charge in [0, 0.05) is 25.4 Å². The van der Waals surface area contributed by atoms with Crippen molar-refractivity contribution in [3.63, 3.8) is 0 Å². The lowest BCUT2D eigenvalue weighted by molar-refractivity contribution is -0.121. The standard InChI is InChI=1S/C9H17N5O/c1-7(10)5-9(15)11-4-2-3-8-12-6-13-14-8/h6-7H,2-5,10H2,1H3,(H,11,15)(H,12,13,14). The Labute approximate surface area is 88.7 Å². The van der Waals surface area contributed by atoms with Gasteiger partial charge in [0.25, 0.3) is 0 Å². The molecule has 6 nitrogen and oxygen atoms in total. The van der Waals surface area contributed by atoms with E-state index in [1.54, 1.807) is 0 Å². The topological polar surface area (TPSA) is 96.7 Å². The minimum Gasteiger partial charge on any atom is -0.356 e. The minimum absolute atomic E-state index is 0.00238. The number of nitrogens with zero attached hydrogens (tertiary/aromatic N) is 2. The van der Waals surface area contributed by atoms with Crippen molar-refractivity contribution in [2.75, 3.05) is 6.54 Å². The van der Waals surface area contributed by atoms with Gasteiger partial charge < -0.3 is 11.1 Å². The van der Waals surface area contributed by atoms with Gasteiger partial charge in [0.15, 0.2) is 0 Å². The molecular weight excluding hydrogens is 194 g/mol. The molecule has 0 radical (unpaired) electrons. The van der Waals surface area contributed by atoms with Crippen LogP contribution in [0.4, 0.5) is 0 Å². The Bertz CT molecular complexity index is 283. The lowest BCUT2D eigenvalue weighted by Crippen LogP contribution is -2.30. The van der Waals surface area contributed by atoms with E-state index in [2.05, 4.69) is 20.5 Å². The number of nitrogens with one attached hydrogen (secondary N) is 2. The van der Waals surface area contributed by atoms with Crippen LogP contribution in [-0.2, 0) is 11.2 Å². The highest BCUT2D eigenvalue weighted by Crippen LogP contribution is 1.92. The number of carbonyl (C=O) groups excluding carboxylic acids is 1. The van der Waals surface area contributed by atoms with Gasteiger partial charge in [-0.25, -0.2) is 4.98 Å². The highest BCUT2D eigenvalue weighted by molar-refractivity contribution is 5.76. The van der Waals surface area contributed by atoms with E-state index in [4.69, 9.17) is 5.73 Å². The molecule has 1 aromatic rings. The normalized spacial score (nSPS) is 12.4. The predicted molar refractivity (Wildman–Crippen MR) is 56.0 cm³/mol. The fourth-order valence-electron chi connectivity index (χ4n) is 1.20. The Kier molecular flexibility index (Phi) is 4.76. The van der Waals surface area contributed by atoms with Crippen LogP contribution in [0.1, 0.15) is 25.6 Å². The quantitative estimate of drug-likeness (QED) is 0.557. The van der Waals surface area contributed by atoms with Crippen molar-refractivity contribution in [3.8, 4) is 0 Å². The van der Waals surface area contributed by atoms with Crippen molar-refractivity contribution in [2.45, 2.75) is 32.2 Å². The molecule has 1 rings (SSSR count). The summed E-state index contributed by atoms with van der Waals surface area (Å²) in [7, 11) is 0. The average Bonchev–Trinajstić information content (AvgIpc) is 2.63. The maximum Gasteiger partial charge on any atom is 0.221 e. The van der Waals surface area contributed by atoms with Crippen LogP contribution >= 0.6 is 0 Å². The van der Waals surface area contributed by atoms with Gasteiger partial charge in [-0.2, -0.15) is 5.10 Å². The van der Waals surface area contributed by atoms with Crippen molar-refractivity contribution in [1.29, 1.82) is 0 Å². The number of H-pyrrole nitrogens is 1. The first-order valence-corrected chi connectivity index (χ1v) is 5.05. The fraction of sp³-hybridized carbons (Fsp3) is 0.667. The first-order valence-electron chi connectivity index (χ1n) is 5.05. The van der Waals surface area contributed by atoms with Crippen LogP contribution in [0.25, 0.3) is 0 Å². The first kappa shape index (κ1) is 11.6. The summed E-state index contributed by atoms with van der Waals surface area (Å²) in [6, 6.07) is -0.0840. The second-order valence-electron chi connectivity index (χ2n) is 3.57. The summed E-state index contributed by atoms with van der Waals surface area (Å²) < 4.78 is 0. The lowest BCUT2D eigenvalue weighted by atomic mass is 10.2. The van der Waals surface area contributed by atoms with E-state index in [0.29, 0.717) is 13.0 Å². The molecule has 0 bridgehead atoms. The zero-order valence-electron chi connectivity index (χ0n) is 8.86. The van der Waals surface area contributed by atoms with Crippen molar-refractivity contribution < 1.29 is 4.79 Å². The van der Waals surface area contributed by atoms with Crippen molar-refractivity contribution in [3.05, 3.63) is 12.2 Å². The minimum atomic E-state index is -0.0840. The molecule has 0 spiro atoms. The van der Waals surface area contributed by atoms with E-state index in [0.717, 1.165) is 18.7 Å². The van der Waals surface area contributed by atoms with Gasteiger partial charge in [0.05, 0.1) is 0 Å². The molecule has 1 unspecified atom stereocenters. The highest BCUT2D eigenvalue weighted by atomic mass is 16.1. The largest absolute Gasteiger partial charge is 0.356 e. The number of hydrogen-bond donors (Lipinski definition) is 3. The van der Waals surface area contributed by atoms with Gasteiger partial charge in [0.2, 0.25) is 5.91 Å². The summed E-state index contributed by atoms with van der Waals surface area (Å²) in [4.78, 5) is 15.2. The molecule has 1 atom stereocenters. The molecule has 1 aromatic heterocycles. The SMILES string of the molecule is CC(N)CC(=O)NCCCc1ncn[nH]1. The Morgan fingerprint density at radius 2 is 2.53 bits per heavy atom. The Balaban J connectivity index is 2.04. The van der Waals surface area contributed by atoms with Gasteiger partial charge >= 0.3 is 0 Å². The first-order chi connectivity index (χ1) is 7.18. The summed E-state index contributed by atoms with van der Waals surface area (Å²) in [5.41, 5.74) is 5.49. The number of rotatable bonds is 6. The molecule has 0 aromatic carbocycles. The number of aromatic nitrogens is 3. The number of nitrogens with two attached hydrogens (primary N) is 1. The molecule has 6 heteroatoms. The molecule has 0 aliphatic heterocycles. The third kappa shape index (κ3) is 5.11. The second-order valence-corrected chi connectivity index (χ2v) is 3.57. The van der Waals surface area contributed by atoms with E-state index in [1.165, 1.54) is 6.33 Å². The zero-order valence-corrected chi connectivity index (χ0v) is 8.86. The van der Waals surface area contributed by atoms with Crippen LogP contribution in [0.3, 0.4) is 0 Å². The van der Waals surface area contributed by atoms with E-state index < -0.39 is 0 Å². The summed E-state index contributed by atoms with van der Waals surface area (Å²) in [5, 5.41) is 9.29. The monoisotopic (exact) mass is 211 g/mol. The van der Waals surface area contributed by atoms with Crippen LogP contribution in [-0.4, -0.2) is 33.7 Å². The van der Waals surface area contributed by atoms with E-state index in [1.807, 2.05) is 6.92 Å². The van der Waals surface area contributed by atoms with Crippen molar-refractivity contribution >= 4 is 5.91 Å². The molecular formula is C9H17N5O. The second kappa shape index (κ2) is 6.13. The molecule has 0 saturated heterocycles. The van der Waals surface area contributed by atoms with Gasteiger partial charge in [0.1, 0.15) is 12.2 Å². The van der Waals surface area contributed by atoms with Crippen LogP contribution in [0.15, 0.2) is 6.33 Å². The number of carbonyl (C=O) groups is 1. The van der Waals surface area contributed by atoms with Crippen LogP contribution in [0, 0.1) is 0 Å². The molecule has 0 aliphatic carbocycles. The summed E-state index contributed by atoms with van der Waals surface area (Å²) in [6.45, 7) is 2.46. The number of hydrogen-bond acceptors (Lipinski definition) is 4. The Morgan fingerprint density at radius 3 is 3.13 bits per heavy atom. The smallest absolute Gasteiger partial charge is 0.221 e. The summed E-state index contributed by atoms with van der Waals surface area (Å²) >= 11 is 0. The maximum absolute atomic E-state index is 11.2. The lowest BCUT2D eigenvalue weighted by Gasteiger charge is -2.06. The summed E-state index contributed by atoms with van der Waals surface area (Å²) in [5.74, 6) is 0.846. The molecule has 0 fully saturated rings. The van der Waals surface area contributed by atoms with E-state index in [-0.39, 0.29) is 11.9 Å². The van der Waals surface area contributed by atoms with Crippen LogP contribution < -0.4 is 11.1 Å². The maximum atomic E-state index is 11.2. The van der Waals surface area contributed by atoms with E-state index in [9.17, 15) is 4.79 Å². The fourth-order valence-corrected chi connectivity index (χ4v) is 1.20. The molecule has 1 heterocycles. The van der Waals surface area contributed by atoms with E-state index >= 15 is 0 Å². The third-order valence-corrected chi connectivity index (χ3v) is 1.88. The highest BCUT2D eigenvalue weighted by Gasteiger charge is 2.03. The number of aromatic amines is 1. The van der Waals surface area contributed by atoms with Gasteiger partial charge in [-0.15, -0.1) is 0 Å². The van der Waals surface area contributed by atoms with Gasteiger partial charge in [-0.1, -0.05) is 0 Å². The molecule has 0 aliphatic rings. The van der Waals surface area contributed by atoms with Crippen molar-refractivity contribution in [2.24, 2.45) is 5.73 Å². The molecule has 4 N–H and O–H groups in total. The predicted octanol–water partition coefficient (Wildman–Crippen LogP) is -0.409.